The number of anilines is 1. The molecule has 0 atom stereocenters. The number of nitrogens with zero attached hydrogens (tertiary/aromatic N) is 2. The zero-order valence-electron chi connectivity index (χ0n) is 12.0. The van der Waals surface area contributed by atoms with Gasteiger partial charge in [-0.3, -0.25) is 4.68 Å². The van der Waals surface area contributed by atoms with Gasteiger partial charge in [0.2, 0.25) is 0 Å². The topological polar surface area (TPSA) is 29.9 Å². The average molecular weight is 344 g/mol. The molecule has 21 heavy (non-hydrogen) atoms. The molecule has 1 aromatic heterocycles. The van der Waals surface area contributed by atoms with Crippen molar-refractivity contribution >= 4 is 32.4 Å². The van der Waals surface area contributed by atoms with E-state index in [1.165, 1.54) is 16.5 Å². The summed E-state index contributed by atoms with van der Waals surface area (Å²) in [5.41, 5.74) is 2.35. The molecule has 4 heteroatoms. The fourth-order valence-corrected chi connectivity index (χ4v) is 2.82. The molecule has 0 aliphatic heterocycles. The molecule has 0 bridgehead atoms. The van der Waals surface area contributed by atoms with Crippen LogP contribution in [-0.4, -0.2) is 9.78 Å². The first-order chi connectivity index (χ1) is 10.3. The lowest BCUT2D eigenvalue weighted by Crippen LogP contribution is -2.08. The quantitative estimate of drug-likeness (QED) is 0.719. The van der Waals surface area contributed by atoms with Crippen LogP contribution in [0.25, 0.3) is 10.8 Å². The van der Waals surface area contributed by atoms with Crippen LogP contribution in [0.2, 0.25) is 0 Å². The van der Waals surface area contributed by atoms with Crippen molar-refractivity contribution in [3.8, 4) is 0 Å². The third kappa shape index (κ3) is 3.27. The lowest BCUT2D eigenvalue weighted by Gasteiger charge is -2.10. The van der Waals surface area contributed by atoms with Crippen molar-refractivity contribution in [3.63, 3.8) is 0 Å². The molecule has 0 saturated heterocycles. The maximum atomic E-state index is 4.35. The Labute approximate surface area is 133 Å². The first-order valence-electron chi connectivity index (χ1n) is 7.20. The molecule has 3 nitrogen and oxygen atoms in total. The maximum Gasteiger partial charge on any atom is 0.0575 e. The fourth-order valence-electron chi connectivity index (χ4n) is 2.44. The molecule has 0 unspecified atom stereocenters. The van der Waals surface area contributed by atoms with Gasteiger partial charge in [0.25, 0.3) is 0 Å². The van der Waals surface area contributed by atoms with Crippen molar-refractivity contribution in [2.75, 3.05) is 5.32 Å². The first kappa shape index (κ1) is 14.1. The number of aryl methyl sites for hydroxylation is 1. The molecule has 0 spiro atoms. The molecule has 0 amide bonds. The second kappa shape index (κ2) is 6.31. The van der Waals surface area contributed by atoms with E-state index in [-0.39, 0.29) is 0 Å². The first-order valence-corrected chi connectivity index (χ1v) is 7.99. The monoisotopic (exact) mass is 343 g/mol. The summed E-state index contributed by atoms with van der Waals surface area (Å²) in [6.45, 7) is 3.93. The minimum absolute atomic E-state index is 0.794. The van der Waals surface area contributed by atoms with Gasteiger partial charge in [-0.2, -0.15) is 5.10 Å². The van der Waals surface area contributed by atoms with Crippen molar-refractivity contribution < 1.29 is 0 Å². The number of fused-ring (bicyclic) bond motifs is 1. The molecule has 3 aromatic rings. The highest BCUT2D eigenvalue weighted by Crippen LogP contribution is 2.23. The summed E-state index contributed by atoms with van der Waals surface area (Å²) in [6.07, 6.45) is 2.96. The Kier molecular flexibility index (Phi) is 4.25. The molecule has 0 fully saturated rings. The van der Waals surface area contributed by atoms with Gasteiger partial charge in [0.15, 0.2) is 0 Å². The Morgan fingerprint density at radius 2 is 1.90 bits per heavy atom. The van der Waals surface area contributed by atoms with Gasteiger partial charge < -0.3 is 5.32 Å². The van der Waals surface area contributed by atoms with Crippen LogP contribution in [0.4, 0.5) is 5.69 Å². The predicted octanol–water partition coefficient (Wildman–Crippen LogP) is 4.82. The number of aromatic nitrogens is 2. The lowest BCUT2D eigenvalue weighted by molar-refractivity contribution is 0.578. The third-order valence-electron chi connectivity index (χ3n) is 3.52. The van der Waals surface area contributed by atoms with Crippen LogP contribution >= 0.6 is 15.9 Å². The minimum atomic E-state index is 0.794. The largest absolute Gasteiger partial charge is 0.379 e. The number of benzene rings is 2. The van der Waals surface area contributed by atoms with E-state index in [0.29, 0.717) is 0 Å². The Balaban J connectivity index is 1.75. The van der Waals surface area contributed by atoms with E-state index in [4.69, 9.17) is 0 Å². The van der Waals surface area contributed by atoms with E-state index in [9.17, 15) is 0 Å². The zero-order chi connectivity index (χ0) is 14.7. The van der Waals surface area contributed by atoms with Crippen molar-refractivity contribution in [1.29, 1.82) is 0 Å². The van der Waals surface area contributed by atoms with Crippen LogP contribution in [0.15, 0.2) is 53.1 Å². The molecule has 1 heterocycles. The molecular weight excluding hydrogens is 326 g/mol. The van der Waals surface area contributed by atoms with Crippen LogP contribution in [0.3, 0.4) is 0 Å². The zero-order valence-corrected chi connectivity index (χ0v) is 13.6. The van der Waals surface area contributed by atoms with Gasteiger partial charge in [0.05, 0.1) is 12.2 Å². The summed E-state index contributed by atoms with van der Waals surface area (Å²) < 4.78 is 3.17. The lowest BCUT2D eigenvalue weighted by atomic mass is 10.1. The van der Waals surface area contributed by atoms with Gasteiger partial charge in [0, 0.05) is 22.9 Å². The highest BCUT2D eigenvalue weighted by atomic mass is 79.9. The second-order valence-electron chi connectivity index (χ2n) is 5.11. The van der Waals surface area contributed by atoms with Crippen molar-refractivity contribution in [2.45, 2.75) is 26.4 Å². The standard InChI is InChI=1S/C17H18BrN3/c1-2-9-21-17(7-8-20-21)12-19-16-6-4-13-10-15(18)5-3-14(13)11-16/h3-8,10-11,19H,2,9,12H2,1H3. The SMILES string of the molecule is CCCn1nccc1CNc1ccc2cc(Br)ccc2c1. The minimum Gasteiger partial charge on any atom is -0.379 e. The van der Waals surface area contributed by atoms with Crippen molar-refractivity contribution in [2.24, 2.45) is 0 Å². The Bertz CT molecular complexity index is 749. The van der Waals surface area contributed by atoms with Gasteiger partial charge in [-0.25, -0.2) is 0 Å². The van der Waals surface area contributed by atoms with Gasteiger partial charge in [0.1, 0.15) is 0 Å². The second-order valence-corrected chi connectivity index (χ2v) is 6.02. The van der Waals surface area contributed by atoms with Crippen LogP contribution < -0.4 is 5.32 Å². The van der Waals surface area contributed by atoms with Gasteiger partial charge in [-0.1, -0.05) is 35.0 Å². The van der Waals surface area contributed by atoms with E-state index in [0.717, 1.165) is 29.7 Å². The summed E-state index contributed by atoms with van der Waals surface area (Å²) in [5, 5.41) is 10.3. The molecule has 0 radical (unpaired) electrons. The molecule has 0 saturated carbocycles. The molecule has 108 valence electrons. The third-order valence-corrected chi connectivity index (χ3v) is 4.01. The molecule has 3 rings (SSSR count). The number of hydrogen-bond acceptors (Lipinski definition) is 2. The fraction of sp³-hybridized carbons (Fsp3) is 0.235. The predicted molar refractivity (Wildman–Crippen MR) is 91.5 cm³/mol. The number of hydrogen-bond donors (Lipinski definition) is 1. The van der Waals surface area contributed by atoms with Gasteiger partial charge in [-0.15, -0.1) is 0 Å². The summed E-state index contributed by atoms with van der Waals surface area (Å²) in [5.74, 6) is 0. The molecule has 0 aliphatic rings. The van der Waals surface area contributed by atoms with Crippen LogP contribution in [0.5, 0.6) is 0 Å². The van der Waals surface area contributed by atoms with E-state index in [1.807, 2.05) is 6.20 Å². The van der Waals surface area contributed by atoms with Gasteiger partial charge >= 0.3 is 0 Å². The molecule has 0 aliphatic carbocycles. The number of halogens is 1. The highest BCUT2D eigenvalue weighted by molar-refractivity contribution is 9.10. The number of rotatable bonds is 5. The molecule has 1 N–H and O–H groups in total. The number of nitrogens with one attached hydrogen (secondary N) is 1. The normalized spacial score (nSPS) is 11.0. The van der Waals surface area contributed by atoms with Gasteiger partial charge in [-0.05, 0) is 47.5 Å². The van der Waals surface area contributed by atoms with E-state index >= 15 is 0 Å². The summed E-state index contributed by atoms with van der Waals surface area (Å²) in [6, 6.07) is 14.9. The molecular formula is C17H18BrN3. The summed E-state index contributed by atoms with van der Waals surface area (Å²) >= 11 is 3.51. The van der Waals surface area contributed by atoms with Crippen LogP contribution in [0.1, 0.15) is 19.0 Å². The van der Waals surface area contributed by atoms with E-state index < -0.39 is 0 Å². The maximum absolute atomic E-state index is 4.35. The van der Waals surface area contributed by atoms with Crippen molar-refractivity contribution in [1.82, 2.24) is 9.78 Å². The smallest absolute Gasteiger partial charge is 0.0575 e. The van der Waals surface area contributed by atoms with Crippen LogP contribution in [-0.2, 0) is 13.1 Å². The summed E-state index contributed by atoms with van der Waals surface area (Å²) in [7, 11) is 0. The van der Waals surface area contributed by atoms with E-state index in [1.54, 1.807) is 0 Å². The Morgan fingerprint density at radius 3 is 2.76 bits per heavy atom. The van der Waals surface area contributed by atoms with E-state index in [2.05, 4.69) is 80.4 Å². The molecule has 2 aromatic carbocycles. The summed E-state index contributed by atoms with van der Waals surface area (Å²) in [4.78, 5) is 0. The van der Waals surface area contributed by atoms with Crippen LogP contribution in [0, 0.1) is 0 Å². The van der Waals surface area contributed by atoms with Crippen molar-refractivity contribution in [3.05, 3.63) is 58.8 Å². The Hall–Kier alpha value is -1.81. The highest BCUT2D eigenvalue weighted by Gasteiger charge is 2.02. The Morgan fingerprint density at radius 1 is 1.10 bits per heavy atom. The average Bonchev–Trinajstić information content (AvgIpc) is 2.93.